The van der Waals surface area contributed by atoms with Crippen LogP contribution in [0.3, 0.4) is 0 Å². The van der Waals surface area contributed by atoms with Crippen molar-refractivity contribution in [3.05, 3.63) is 72.2 Å². The molecule has 33 heavy (non-hydrogen) atoms. The van der Waals surface area contributed by atoms with Gasteiger partial charge in [-0.25, -0.2) is 4.98 Å². The third-order valence-corrected chi connectivity index (χ3v) is 5.64. The van der Waals surface area contributed by atoms with Crippen molar-refractivity contribution in [3.63, 3.8) is 0 Å². The number of carbonyl (C=O) groups is 1. The molecule has 2 aromatic heterocycles. The Kier molecular flexibility index (Phi) is 5.35. The summed E-state index contributed by atoms with van der Waals surface area (Å²) in [5.74, 6) is 1.22. The van der Waals surface area contributed by atoms with E-state index >= 15 is 0 Å². The number of hydrogen-bond donors (Lipinski definition) is 3. The third kappa shape index (κ3) is 3.96. The SMILES string of the molecule is CNC(=O)COc1ccc(-c2nc3cnccn3c2Nc2ccc3c(c2)CCC3=NO)cc1. The van der Waals surface area contributed by atoms with Gasteiger partial charge in [0.2, 0.25) is 0 Å². The minimum absolute atomic E-state index is 0.0380. The summed E-state index contributed by atoms with van der Waals surface area (Å²) in [5, 5.41) is 18.6. The largest absolute Gasteiger partial charge is 0.484 e. The monoisotopic (exact) mass is 442 g/mol. The number of aryl methyl sites for hydroxylation is 1. The molecule has 3 N–H and O–H groups in total. The van der Waals surface area contributed by atoms with Crippen LogP contribution in [0.2, 0.25) is 0 Å². The molecule has 5 rings (SSSR count). The van der Waals surface area contributed by atoms with Gasteiger partial charge in [-0.1, -0.05) is 11.2 Å². The van der Waals surface area contributed by atoms with Crippen molar-refractivity contribution in [1.82, 2.24) is 19.7 Å². The van der Waals surface area contributed by atoms with Gasteiger partial charge in [-0.05, 0) is 54.8 Å². The van der Waals surface area contributed by atoms with E-state index in [9.17, 15) is 10.0 Å². The predicted octanol–water partition coefficient (Wildman–Crippen LogP) is 3.39. The number of benzene rings is 2. The van der Waals surface area contributed by atoms with Crippen LogP contribution in [-0.2, 0) is 11.2 Å². The Morgan fingerprint density at radius 2 is 2.06 bits per heavy atom. The van der Waals surface area contributed by atoms with Gasteiger partial charge in [-0.3, -0.25) is 14.2 Å². The maximum atomic E-state index is 11.4. The van der Waals surface area contributed by atoms with Crippen LogP contribution >= 0.6 is 0 Å². The van der Waals surface area contributed by atoms with E-state index in [2.05, 4.69) is 26.8 Å². The summed E-state index contributed by atoms with van der Waals surface area (Å²) in [6.07, 6.45) is 6.86. The van der Waals surface area contributed by atoms with Crippen molar-refractivity contribution in [2.45, 2.75) is 12.8 Å². The molecule has 9 heteroatoms. The maximum absolute atomic E-state index is 11.4. The number of oxime groups is 1. The van der Waals surface area contributed by atoms with Crippen molar-refractivity contribution >= 4 is 28.8 Å². The van der Waals surface area contributed by atoms with E-state index in [4.69, 9.17) is 9.72 Å². The van der Waals surface area contributed by atoms with E-state index in [1.54, 1.807) is 19.4 Å². The fourth-order valence-electron chi connectivity index (χ4n) is 3.95. The Morgan fingerprint density at radius 3 is 2.85 bits per heavy atom. The van der Waals surface area contributed by atoms with Crippen molar-refractivity contribution in [2.75, 3.05) is 19.0 Å². The molecular formula is C24H22N6O3. The normalized spacial score (nSPS) is 13.8. The minimum Gasteiger partial charge on any atom is -0.484 e. The van der Waals surface area contributed by atoms with E-state index in [1.807, 2.05) is 47.0 Å². The van der Waals surface area contributed by atoms with Gasteiger partial charge in [-0.15, -0.1) is 0 Å². The number of imidazole rings is 1. The van der Waals surface area contributed by atoms with Crippen LogP contribution in [0.1, 0.15) is 17.5 Å². The molecular weight excluding hydrogens is 420 g/mol. The summed E-state index contributed by atoms with van der Waals surface area (Å²) < 4.78 is 7.45. The molecule has 0 saturated carbocycles. The van der Waals surface area contributed by atoms with E-state index in [0.717, 1.165) is 52.4 Å². The lowest BCUT2D eigenvalue weighted by Crippen LogP contribution is -2.24. The number of fused-ring (bicyclic) bond motifs is 2. The number of anilines is 2. The first-order valence-corrected chi connectivity index (χ1v) is 10.5. The lowest BCUT2D eigenvalue weighted by Gasteiger charge is -2.11. The smallest absolute Gasteiger partial charge is 0.257 e. The molecule has 2 heterocycles. The van der Waals surface area contributed by atoms with Crippen molar-refractivity contribution in [2.24, 2.45) is 5.16 Å². The zero-order valence-electron chi connectivity index (χ0n) is 17.9. The van der Waals surface area contributed by atoms with E-state index in [1.165, 1.54) is 0 Å². The molecule has 0 fully saturated rings. The van der Waals surface area contributed by atoms with Crippen LogP contribution in [0, 0.1) is 0 Å². The quantitative estimate of drug-likeness (QED) is 0.312. The van der Waals surface area contributed by atoms with Crippen molar-refractivity contribution in [1.29, 1.82) is 0 Å². The van der Waals surface area contributed by atoms with Gasteiger partial charge in [0.25, 0.3) is 5.91 Å². The first kappa shape index (κ1) is 20.5. The zero-order valence-corrected chi connectivity index (χ0v) is 17.9. The Hall–Kier alpha value is -4.40. The molecule has 1 aliphatic rings. The van der Waals surface area contributed by atoms with Gasteiger partial charge < -0.3 is 20.6 Å². The first-order valence-electron chi connectivity index (χ1n) is 10.5. The van der Waals surface area contributed by atoms with Crippen LogP contribution in [0.5, 0.6) is 5.75 Å². The molecule has 166 valence electrons. The van der Waals surface area contributed by atoms with E-state index in [0.29, 0.717) is 11.4 Å². The standard InChI is InChI=1S/C24H22N6O3/c1-25-22(31)14-33-18-6-2-15(3-7-18)23-24(30-11-10-26-13-21(30)28-23)27-17-5-8-19-16(12-17)4-9-20(19)29-32/h2-3,5-8,10-13,27,32H,4,9,14H2,1H3,(H,25,31). The summed E-state index contributed by atoms with van der Waals surface area (Å²) in [7, 11) is 1.57. The average molecular weight is 442 g/mol. The number of nitrogens with zero attached hydrogens (tertiary/aromatic N) is 4. The Labute approximate surface area is 189 Å². The van der Waals surface area contributed by atoms with E-state index < -0.39 is 0 Å². The van der Waals surface area contributed by atoms with Gasteiger partial charge >= 0.3 is 0 Å². The van der Waals surface area contributed by atoms with Crippen LogP contribution in [0.4, 0.5) is 11.5 Å². The van der Waals surface area contributed by atoms with Gasteiger partial charge in [0, 0.05) is 36.3 Å². The topological polar surface area (TPSA) is 113 Å². The minimum atomic E-state index is -0.190. The van der Waals surface area contributed by atoms with Gasteiger partial charge in [-0.2, -0.15) is 0 Å². The number of rotatable bonds is 6. The fourth-order valence-corrected chi connectivity index (χ4v) is 3.95. The summed E-state index contributed by atoms with van der Waals surface area (Å²) in [6, 6.07) is 13.5. The number of amides is 1. The molecule has 1 amide bonds. The third-order valence-electron chi connectivity index (χ3n) is 5.64. The van der Waals surface area contributed by atoms with Gasteiger partial charge in [0.1, 0.15) is 17.3 Å². The molecule has 0 bridgehead atoms. The molecule has 1 aliphatic carbocycles. The maximum Gasteiger partial charge on any atom is 0.257 e. The lowest BCUT2D eigenvalue weighted by molar-refractivity contribution is -0.122. The molecule has 4 aromatic rings. The van der Waals surface area contributed by atoms with Crippen molar-refractivity contribution < 1.29 is 14.7 Å². The Balaban J connectivity index is 1.48. The number of ether oxygens (including phenoxy) is 1. The van der Waals surface area contributed by atoms with Crippen LogP contribution in [0.25, 0.3) is 16.9 Å². The Bertz CT molecular complexity index is 1360. The van der Waals surface area contributed by atoms with Crippen LogP contribution < -0.4 is 15.4 Å². The highest BCUT2D eigenvalue weighted by Gasteiger charge is 2.20. The predicted molar refractivity (Wildman–Crippen MR) is 124 cm³/mol. The Morgan fingerprint density at radius 1 is 1.21 bits per heavy atom. The lowest BCUT2D eigenvalue weighted by atomic mass is 10.1. The molecule has 0 spiro atoms. The van der Waals surface area contributed by atoms with Crippen LogP contribution in [0.15, 0.2) is 66.2 Å². The highest BCUT2D eigenvalue weighted by molar-refractivity contribution is 6.04. The molecule has 0 radical (unpaired) electrons. The molecule has 9 nitrogen and oxygen atoms in total. The van der Waals surface area contributed by atoms with Crippen LogP contribution in [-0.4, -0.2) is 44.8 Å². The average Bonchev–Trinajstić information content (AvgIpc) is 3.44. The van der Waals surface area contributed by atoms with Gasteiger partial charge in [0.05, 0.1) is 11.9 Å². The molecule has 0 aliphatic heterocycles. The number of nitrogens with one attached hydrogen (secondary N) is 2. The summed E-state index contributed by atoms with van der Waals surface area (Å²) in [6.45, 7) is -0.0380. The first-order chi connectivity index (χ1) is 16.2. The molecule has 0 atom stereocenters. The second-order valence-corrected chi connectivity index (χ2v) is 7.64. The number of likely N-dealkylation sites (N-methyl/N-ethyl adjacent to an activating group) is 1. The number of aromatic nitrogens is 3. The van der Waals surface area contributed by atoms with Gasteiger partial charge in [0.15, 0.2) is 12.3 Å². The second kappa shape index (κ2) is 8.62. The number of hydrogen-bond acceptors (Lipinski definition) is 7. The number of carbonyl (C=O) groups excluding carboxylic acids is 1. The molecule has 2 aromatic carbocycles. The van der Waals surface area contributed by atoms with Crippen molar-refractivity contribution in [3.8, 4) is 17.0 Å². The summed E-state index contributed by atoms with van der Waals surface area (Å²) >= 11 is 0. The fraction of sp³-hybridized carbons (Fsp3) is 0.167. The summed E-state index contributed by atoms with van der Waals surface area (Å²) in [5.41, 5.74) is 6.13. The molecule has 0 unspecified atom stereocenters. The zero-order chi connectivity index (χ0) is 22.8. The highest BCUT2D eigenvalue weighted by Crippen LogP contribution is 2.33. The highest BCUT2D eigenvalue weighted by atomic mass is 16.5. The summed E-state index contributed by atoms with van der Waals surface area (Å²) in [4.78, 5) is 20.4. The van der Waals surface area contributed by atoms with E-state index in [-0.39, 0.29) is 12.5 Å². The second-order valence-electron chi connectivity index (χ2n) is 7.64. The molecule has 0 saturated heterocycles.